The van der Waals surface area contributed by atoms with Crippen molar-refractivity contribution in [3.05, 3.63) is 69.9 Å². The maximum absolute atomic E-state index is 14.7. The SMILES string of the molecule is CC(=O)OCCN(C(C)=O)c1ccc(/C=C/S(=O)(=O)N2CCC3(CC2)N=C(c2cccc(C(F)(F)F)c2F)NC3=O)c(C)c1. The number of amidine groups is 1. The number of esters is 1. The van der Waals surface area contributed by atoms with Crippen LogP contribution in [0.25, 0.3) is 6.08 Å². The number of carbonyl (C=O) groups is 3. The Balaban J connectivity index is 1.45. The molecule has 236 valence electrons. The Hall–Kier alpha value is -4.11. The smallest absolute Gasteiger partial charge is 0.419 e. The number of ether oxygens (including phenoxy) is 1. The summed E-state index contributed by atoms with van der Waals surface area (Å²) in [7, 11) is -3.94. The predicted octanol–water partition coefficient (Wildman–Crippen LogP) is 3.78. The van der Waals surface area contributed by atoms with Gasteiger partial charge < -0.3 is 15.0 Å². The maximum atomic E-state index is 14.7. The number of rotatable bonds is 8. The topological polar surface area (TPSA) is 125 Å². The minimum absolute atomic E-state index is 0.0153. The van der Waals surface area contributed by atoms with E-state index in [4.69, 9.17) is 4.74 Å². The van der Waals surface area contributed by atoms with E-state index >= 15 is 0 Å². The lowest BCUT2D eigenvalue weighted by molar-refractivity contribution is -0.141. The zero-order chi connectivity index (χ0) is 32.4. The van der Waals surface area contributed by atoms with Gasteiger partial charge in [0, 0.05) is 38.0 Å². The van der Waals surface area contributed by atoms with E-state index in [1.54, 1.807) is 25.1 Å². The Morgan fingerprint density at radius 3 is 2.43 bits per heavy atom. The highest BCUT2D eigenvalue weighted by Gasteiger charge is 2.48. The van der Waals surface area contributed by atoms with Gasteiger partial charge in [-0.15, -0.1) is 0 Å². The molecule has 0 saturated carbocycles. The van der Waals surface area contributed by atoms with Crippen molar-refractivity contribution >= 4 is 45.4 Å². The number of aryl methyl sites for hydroxylation is 1. The monoisotopic (exact) mass is 638 g/mol. The number of carbonyl (C=O) groups excluding carboxylic acids is 3. The van der Waals surface area contributed by atoms with Crippen molar-refractivity contribution < 1.29 is 45.1 Å². The number of nitrogens with zero attached hydrogens (tertiary/aromatic N) is 3. The maximum Gasteiger partial charge on any atom is 0.419 e. The zero-order valence-corrected chi connectivity index (χ0v) is 24.9. The van der Waals surface area contributed by atoms with Crippen LogP contribution in [0.5, 0.6) is 0 Å². The molecule has 0 atom stereocenters. The van der Waals surface area contributed by atoms with E-state index in [-0.39, 0.29) is 50.8 Å². The van der Waals surface area contributed by atoms with Crippen molar-refractivity contribution in [2.45, 2.75) is 45.3 Å². The summed E-state index contributed by atoms with van der Waals surface area (Å²) in [4.78, 5) is 41.7. The van der Waals surface area contributed by atoms with Crippen molar-refractivity contribution in [3.8, 4) is 0 Å². The molecule has 0 unspecified atom stereocenters. The van der Waals surface area contributed by atoms with Crippen LogP contribution >= 0.6 is 0 Å². The molecule has 2 aromatic rings. The molecule has 2 aliphatic heterocycles. The summed E-state index contributed by atoms with van der Waals surface area (Å²) in [6.07, 6.45) is -3.64. The van der Waals surface area contributed by atoms with Crippen molar-refractivity contribution in [3.63, 3.8) is 0 Å². The van der Waals surface area contributed by atoms with E-state index in [9.17, 15) is 40.4 Å². The van der Waals surface area contributed by atoms with E-state index in [0.717, 1.165) is 21.8 Å². The number of halogens is 4. The number of sulfonamides is 1. The summed E-state index contributed by atoms with van der Waals surface area (Å²) in [6.45, 7) is 4.34. The van der Waals surface area contributed by atoms with Gasteiger partial charge >= 0.3 is 12.1 Å². The van der Waals surface area contributed by atoms with Crippen LogP contribution in [0.4, 0.5) is 23.2 Å². The third-order valence-corrected chi connectivity index (χ3v) is 9.00. The second kappa shape index (κ2) is 12.5. The fraction of sp³-hybridized carbons (Fsp3) is 0.379. The number of anilines is 1. The molecular weight excluding hydrogens is 608 g/mol. The molecule has 0 aromatic heterocycles. The highest BCUT2D eigenvalue weighted by Crippen LogP contribution is 2.35. The first-order valence-corrected chi connectivity index (χ1v) is 15.0. The lowest BCUT2D eigenvalue weighted by Crippen LogP contribution is -2.50. The number of alkyl halides is 3. The standard InChI is InChI=1S/C29H30F4N4O6S/c1-18-17-22(37(19(2)38)14-15-43-20(3)39)8-7-21(18)9-16-44(41,42)36-12-10-28(11-13-36)27(40)34-26(35-28)23-5-4-6-24(25(23)30)29(31,32)33/h4-9,16-17H,10-15H2,1-3H3,(H,34,35,40)/b16-9+. The van der Waals surface area contributed by atoms with Crippen molar-refractivity contribution in [1.29, 1.82) is 0 Å². The first kappa shape index (κ1) is 32.8. The lowest BCUT2D eigenvalue weighted by atomic mass is 9.89. The van der Waals surface area contributed by atoms with Crippen LogP contribution in [0.15, 0.2) is 46.8 Å². The van der Waals surface area contributed by atoms with Crippen LogP contribution in [-0.2, 0) is 35.3 Å². The normalized spacial score (nSPS) is 17.1. The molecule has 10 nitrogen and oxygen atoms in total. The number of aliphatic imine (C=N–C) groups is 1. The summed E-state index contributed by atoms with van der Waals surface area (Å²) >= 11 is 0. The van der Waals surface area contributed by atoms with Gasteiger partial charge in [-0.05, 0) is 61.2 Å². The van der Waals surface area contributed by atoms with Gasteiger partial charge in [-0.3, -0.25) is 19.4 Å². The third kappa shape index (κ3) is 6.99. The fourth-order valence-electron chi connectivity index (χ4n) is 5.04. The number of benzene rings is 2. The molecule has 0 aliphatic carbocycles. The molecule has 2 aliphatic rings. The van der Waals surface area contributed by atoms with Gasteiger partial charge in [0.05, 0.1) is 17.7 Å². The molecule has 44 heavy (non-hydrogen) atoms. The molecule has 2 amide bonds. The van der Waals surface area contributed by atoms with E-state index < -0.39 is 50.6 Å². The van der Waals surface area contributed by atoms with Gasteiger partial charge in [0.2, 0.25) is 15.9 Å². The Morgan fingerprint density at radius 1 is 1.16 bits per heavy atom. The van der Waals surface area contributed by atoms with E-state index in [0.29, 0.717) is 22.9 Å². The van der Waals surface area contributed by atoms with Gasteiger partial charge in [0.15, 0.2) is 0 Å². The summed E-state index contributed by atoms with van der Waals surface area (Å²) in [5.41, 5.74) is -1.63. The summed E-state index contributed by atoms with van der Waals surface area (Å²) in [6, 6.07) is 7.68. The summed E-state index contributed by atoms with van der Waals surface area (Å²) < 4.78 is 86.5. The summed E-state index contributed by atoms with van der Waals surface area (Å²) in [5.74, 6) is -3.26. The highest BCUT2D eigenvalue weighted by molar-refractivity contribution is 7.92. The number of amides is 2. The van der Waals surface area contributed by atoms with Gasteiger partial charge in [-0.1, -0.05) is 12.1 Å². The molecule has 4 rings (SSSR count). The Morgan fingerprint density at radius 2 is 1.84 bits per heavy atom. The molecule has 1 saturated heterocycles. The fourth-order valence-corrected chi connectivity index (χ4v) is 6.22. The van der Waals surface area contributed by atoms with Gasteiger partial charge in [0.1, 0.15) is 23.8 Å². The summed E-state index contributed by atoms with van der Waals surface area (Å²) in [5, 5.41) is 3.39. The quantitative estimate of drug-likeness (QED) is 0.347. The third-order valence-electron chi connectivity index (χ3n) is 7.43. The minimum Gasteiger partial charge on any atom is -0.464 e. The largest absolute Gasteiger partial charge is 0.464 e. The Bertz CT molecular complexity index is 1650. The highest BCUT2D eigenvalue weighted by atomic mass is 32.2. The first-order chi connectivity index (χ1) is 20.5. The van der Waals surface area contributed by atoms with Crippen LogP contribution in [0.1, 0.15) is 48.9 Å². The lowest BCUT2D eigenvalue weighted by Gasteiger charge is -2.34. The van der Waals surface area contributed by atoms with Gasteiger partial charge in [-0.2, -0.15) is 17.5 Å². The minimum atomic E-state index is -4.93. The zero-order valence-electron chi connectivity index (χ0n) is 24.1. The molecule has 2 aromatic carbocycles. The van der Waals surface area contributed by atoms with Gasteiger partial charge in [-0.25, -0.2) is 12.8 Å². The van der Waals surface area contributed by atoms with Crippen LogP contribution in [0.2, 0.25) is 0 Å². The number of hydrogen-bond donors (Lipinski definition) is 1. The second-order valence-electron chi connectivity index (χ2n) is 10.4. The Labute approximate surface area is 251 Å². The molecule has 2 heterocycles. The molecule has 1 spiro atoms. The molecule has 1 fully saturated rings. The Kier molecular flexibility index (Phi) is 9.30. The van der Waals surface area contributed by atoms with E-state index in [2.05, 4.69) is 10.3 Å². The average Bonchev–Trinajstić information content (AvgIpc) is 3.24. The second-order valence-corrected chi connectivity index (χ2v) is 12.2. The van der Waals surface area contributed by atoms with Crippen LogP contribution < -0.4 is 10.2 Å². The van der Waals surface area contributed by atoms with Crippen molar-refractivity contribution in [1.82, 2.24) is 9.62 Å². The predicted molar refractivity (Wildman–Crippen MR) is 153 cm³/mol. The molecule has 0 bridgehead atoms. The number of nitrogens with one attached hydrogen (secondary N) is 1. The van der Waals surface area contributed by atoms with Crippen molar-refractivity contribution in [2.24, 2.45) is 4.99 Å². The van der Waals surface area contributed by atoms with Crippen molar-refractivity contribution in [2.75, 3.05) is 31.1 Å². The van der Waals surface area contributed by atoms with E-state index in [1.807, 2.05) is 0 Å². The van der Waals surface area contributed by atoms with Crippen LogP contribution in [-0.4, -0.2) is 68.1 Å². The average molecular weight is 639 g/mol. The molecule has 0 radical (unpaired) electrons. The van der Waals surface area contributed by atoms with E-state index in [1.165, 1.54) is 24.8 Å². The number of piperidine rings is 1. The molecular formula is C29H30F4N4O6S. The number of hydrogen-bond acceptors (Lipinski definition) is 7. The van der Waals surface area contributed by atoms with Crippen LogP contribution in [0, 0.1) is 12.7 Å². The van der Waals surface area contributed by atoms with Gasteiger partial charge in [0.25, 0.3) is 5.91 Å². The first-order valence-electron chi connectivity index (χ1n) is 13.5. The molecule has 15 heteroatoms. The van der Waals surface area contributed by atoms with Crippen LogP contribution in [0.3, 0.4) is 0 Å². The molecule has 1 N–H and O–H groups in total.